The molecule has 5 aromatic rings. The number of benzene rings is 1. The van der Waals surface area contributed by atoms with E-state index in [1.165, 1.54) is 13.2 Å². The molecule has 0 bridgehead atoms. The lowest BCUT2D eigenvalue weighted by atomic mass is 10.1. The molecule has 6 amide bonds. The summed E-state index contributed by atoms with van der Waals surface area (Å²) in [6, 6.07) is 10.3. The Labute approximate surface area is 372 Å². The van der Waals surface area contributed by atoms with E-state index >= 15 is 0 Å². The molecule has 1 fully saturated rings. The molecule has 4 aromatic heterocycles. The molecule has 18 heteroatoms. The van der Waals surface area contributed by atoms with E-state index in [-0.39, 0.29) is 67.1 Å². The van der Waals surface area contributed by atoms with Gasteiger partial charge in [0.2, 0.25) is 11.8 Å². The normalized spacial score (nSPS) is 13.4. The number of aryl methyl sites for hydroxylation is 6. The van der Waals surface area contributed by atoms with Gasteiger partial charge in [-0.3, -0.25) is 28.8 Å². The van der Waals surface area contributed by atoms with Crippen LogP contribution in [-0.2, 0) is 37.8 Å². The Balaban J connectivity index is 0.928. The van der Waals surface area contributed by atoms with Crippen molar-refractivity contribution in [3.05, 3.63) is 95.1 Å². The van der Waals surface area contributed by atoms with Gasteiger partial charge >= 0.3 is 0 Å². The van der Waals surface area contributed by atoms with Crippen molar-refractivity contribution in [2.75, 3.05) is 48.1 Å². The van der Waals surface area contributed by atoms with E-state index < -0.39 is 11.8 Å². The smallest absolute Gasteiger partial charge is 0.272 e. The van der Waals surface area contributed by atoms with Crippen LogP contribution in [0.1, 0.15) is 98.5 Å². The van der Waals surface area contributed by atoms with Gasteiger partial charge in [-0.2, -0.15) is 0 Å². The molecule has 6 rings (SSSR count). The van der Waals surface area contributed by atoms with Crippen molar-refractivity contribution in [3.63, 3.8) is 0 Å². The third-order valence-corrected chi connectivity index (χ3v) is 11.3. The largest absolute Gasteiger partial charge is 0.493 e. The van der Waals surface area contributed by atoms with Gasteiger partial charge in [-0.25, -0.2) is 0 Å². The highest BCUT2D eigenvalue weighted by Gasteiger charge is 2.30. The number of nitrogens with zero attached hydrogens (tertiary/aromatic N) is 5. The van der Waals surface area contributed by atoms with Crippen LogP contribution in [-0.4, -0.2) is 91.5 Å². The van der Waals surface area contributed by atoms with Gasteiger partial charge in [0.05, 0.1) is 36.5 Å². The second-order valence-corrected chi connectivity index (χ2v) is 16.1. The van der Waals surface area contributed by atoms with Gasteiger partial charge in [0.15, 0.2) is 11.5 Å². The van der Waals surface area contributed by atoms with Crippen molar-refractivity contribution in [3.8, 4) is 11.5 Å². The number of rotatable bonds is 18. The molecular formula is C46H58N10O8. The lowest BCUT2D eigenvalue weighted by Crippen LogP contribution is -2.35. The molecule has 5 heterocycles. The molecule has 0 unspecified atom stereocenters. The number of hydrogen-bond acceptors (Lipinski definition) is 8. The van der Waals surface area contributed by atoms with Crippen LogP contribution in [0, 0.1) is 13.8 Å². The SMILES string of the molecule is CC[C@@H]1CCCN1C(=O)c1cc(OC)c(OCCCC(=O)Nc2cc(C(=O)Nc3cc(C(=O)NCCC(=O)Nc4cc(C(=O)Nc5cc(C)n(C)c5)n(C)c4)n(C)c3)n(C)c2)cc1C. The number of hydrogen-bond donors (Lipinski definition) is 5. The summed E-state index contributed by atoms with van der Waals surface area (Å²) in [7, 11) is 8.47. The lowest BCUT2D eigenvalue weighted by Gasteiger charge is -2.25. The molecule has 18 nitrogen and oxygen atoms in total. The predicted molar refractivity (Wildman–Crippen MR) is 243 cm³/mol. The molecule has 5 N–H and O–H groups in total. The maximum absolute atomic E-state index is 13.3. The summed E-state index contributed by atoms with van der Waals surface area (Å²) in [5, 5.41) is 14.0. The van der Waals surface area contributed by atoms with E-state index in [1.807, 2.05) is 42.6 Å². The van der Waals surface area contributed by atoms with E-state index in [9.17, 15) is 28.8 Å². The first-order valence-electron chi connectivity index (χ1n) is 21.3. The summed E-state index contributed by atoms with van der Waals surface area (Å²) < 4.78 is 18.2. The quantitative estimate of drug-likeness (QED) is 0.0686. The van der Waals surface area contributed by atoms with Crippen LogP contribution >= 0.6 is 0 Å². The minimum absolute atomic E-state index is 0.00000684. The van der Waals surface area contributed by atoms with Gasteiger partial charge in [-0.15, -0.1) is 0 Å². The molecule has 0 aliphatic carbocycles. The van der Waals surface area contributed by atoms with Crippen molar-refractivity contribution in [2.24, 2.45) is 28.2 Å². The van der Waals surface area contributed by atoms with E-state index in [2.05, 4.69) is 33.5 Å². The summed E-state index contributed by atoms with van der Waals surface area (Å²) in [5.41, 5.74) is 5.19. The highest BCUT2D eigenvalue weighted by molar-refractivity contribution is 6.06. The Morgan fingerprint density at radius 2 is 1.19 bits per heavy atom. The molecular weight excluding hydrogens is 821 g/mol. The third kappa shape index (κ3) is 11.0. The van der Waals surface area contributed by atoms with Crippen LogP contribution in [0.3, 0.4) is 0 Å². The summed E-state index contributed by atoms with van der Waals surface area (Å²) in [4.78, 5) is 80.0. The van der Waals surface area contributed by atoms with Crippen molar-refractivity contribution < 1.29 is 38.2 Å². The zero-order valence-corrected chi connectivity index (χ0v) is 37.7. The van der Waals surface area contributed by atoms with Crippen LogP contribution in [0.5, 0.6) is 11.5 Å². The van der Waals surface area contributed by atoms with Crippen molar-refractivity contribution in [1.82, 2.24) is 28.5 Å². The number of aromatic nitrogens is 4. The average molecular weight is 879 g/mol. The molecule has 1 aliphatic heterocycles. The highest BCUT2D eigenvalue weighted by Crippen LogP contribution is 2.33. The highest BCUT2D eigenvalue weighted by atomic mass is 16.5. The Bertz CT molecular complexity index is 2540. The first-order valence-corrected chi connectivity index (χ1v) is 21.3. The van der Waals surface area contributed by atoms with Gasteiger partial charge in [-0.05, 0) is 81.5 Å². The maximum atomic E-state index is 13.3. The summed E-state index contributed by atoms with van der Waals surface area (Å²) in [6.45, 7) is 6.94. The molecule has 0 spiro atoms. The number of likely N-dealkylation sites (tertiary alicyclic amines) is 1. The van der Waals surface area contributed by atoms with Crippen molar-refractivity contribution in [2.45, 2.75) is 65.3 Å². The molecule has 0 radical (unpaired) electrons. The van der Waals surface area contributed by atoms with Crippen molar-refractivity contribution >= 4 is 58.2 Å². The molecule has 0 saturated carbocycles. The number of carbonyl (C=O) groups excluding carboxylic acids is 6. The fourth-order valence-electron chi connectivity index (χ4n) is 7.80. The topological polar surface area (TPSA) is 204 Å². The van der Waals surface area contributed by atoms with E-state index in [4.69, 9.17) is 9.47 Å². The number of methoxy groups -OCH3 is 1. The van der Waals surface area contributed by atoms with Crippen molar-refractivity contribution in [1.29, 1.82) is 0 Å². The first-order chi connectivity index (χ1) is 30.5. The first kappa shape index (κ1) is 46.3. The number of nitrogens with one attached hydrogen (secondary N) is 5. The molecule has 1 aliphatic rings. The zero-order valence-electron chi connectivity index (χ0n) is 37.7. The summed E-state index contributed by atoms with van der Waals surface area (Å²) >= 11 is 0. The molecule has 64 heavy (non-hydrogen) atoms. The van der Waals surface area contributed by atoms with Gasteiger partial charge in [0.1, 0.15) is 17.1 Å². The number of anilines is 4. The molecule has 1 atom stereocenters. The van der Waals surface area contributed by atoms with Crippen LogP contribution in [0.25, 0.3) is 0 Å². The van der Waals surface area contributed by atoms with Gasteiger partial charge in [0, 0.05) is 96.2 Å². The molecule has 1 saturated heterocycles. The monoisotopic (exact) mass is 878 g/mol. The number of amides is 6. The van der Waals surface area contributed by atoms with Crippen LogP contribution in [0.4, 0.5) is 22.7 Å². The number of carbonyl (C=O) groups is 6. The van der Waals surface area contributed by atoms with E-state index in [0.29, 0.717) is 51.9 Å². The standard InChI is InChI=1S/C46H58N10O8/c1-9-34-12-10-16-56(34)46(62)35-23-39(63-8)40(18-28(35)2)64-17-11-13-41(57)48-31-20-38(54(6)25-31)45(61)51-33-22-36(53(5)27-33)43(59)47-15-14-42(58)49-32-21-37(55(7)26-32)44(60)50-30-19-29(3)52(4)24-30/h18-27,34H,9-17H2,1-8H3,(H,47,59)(H,48,57)(H,49,58)(H,50,60)(H,51,61)/t34-/m1/s1. The van der Waals surface area contributed by atoms with E-state index in [1.54, 1.807) is 77.7 Å². The second-order valence-electron chi connectivity index (χ2n) is 16.1. The third-order valence-electron chi connectivity index (χ3n) is 11.3. The van der Waals surface area contributed by atoms with Crippen LogP contribution < -0.4 is 36.1 Å². The Morgan fingerprint density at radius 1 is 0.656 bits per heavy atom. The van der Waals surface area contributed by atoms with Gasteiger partial charge in [0.25, 0.3) is 23.6 Å². The summed E-state index contributed by atoms with van der Waals surface area (Å²) in [6.07, 6.45) is 10.1. The van der Waals surface area contributed by atoms with Crippen LogP contribution in [0.15, 0.2) is 61.2 Å². The Morgan fingerprint density at radius 3 is 1.73 bits per heavy atom. The fraction of sp³-hybridized carbons (Fsp3) is 0.391. The predicted octanol–water partition coefficient (Wildman–Crippen LogP) is 5.74. The van der Waals surface area contributed by atoms with Gasteiger partial charge < -0.3 is 59.2 Å². The lowest BCUT2D eigenvalue weighted by molar-refractivity contribution is -0.117. The van der Waals surface area contributed by atoms with Gasteiger partial charge in [-0.1, -0.05) is 6.92 Å². The number of ether oxygens (including phenoxy) is 2. The summed E-state index contributed by atoms with van der Waals surface area (Å²) in [5.74, 6) is -0.875. The van der Waals surface area contributed by atoms with Crippen LogP contribution in [0.2, 0.25) is 0 Å². The maximum Gasteiger partial charge on any atom is 0.272 e. The van der Waals surface area contributed by atoms with E-state index in [0.717, 1.165) is 37.1 Å². The molecule has 340 valence electrons. The minimum atomic E-state index is -0.454. The fourth-order valence-corrected chi connectivity index (χ4v) is 7.80. The zero-order chi connectivity index (χ0) is 46.2. The average Bonchev–Trinajstić information content (AvgIpc) is 4.08. The Hall–Kier alpha value is -7.24. The molecule has 1 aromatic carbocycles. The Kier molecular flexibility index (Phi) is 14.7. The minimum Gasteiger partial charge on any atom is -0.493 e. The second kappa shape index (κ2) is 20.3.